The lowest BCUT2D eigenvalue weighted by atomic mass is 9.88. The van der Waals surface area contributed by atoms with E-state index in [1.807, 2.05) is 0 Å². The Labute approximate surface area is 62.5 Å². The first-order chi connectivity index (χ1) is 4.76. The van der Waals surface area contributed by atoms with E-state index in [1.165, 1.54) is 6.08 Å². The molecule has 1 nitrogen and oxygen atoms in total. The van der Waals surface area contributed by atoms with Crippen molar-refractivity contribution in [3.63, 3.8) is 0 Å². The number of rotatable bonds is 3. The van der Waals surface area contributed by atoms with Crippen molar-refractivity contribution in [2.75, 3.05) is 0 Å². The summed E-state index contributed by atoms with van der Waals surface area (Å²) in [6.07, 6.45) is 5.48. The molecule has 0 rings (SSSR count). The summed E-state index contributed by atoms with van der Waals surface area (Å²) in [6, 6.07) is 0. The van der Waals surface area contributed by atoms with E-state index in [0.717, 1.165) is 0 Å². The summed E-state index contributed by atoms with van der Waals surface area (Å²) >= 11 is 0. The molecule has 2 radical (unpaired) electrons. The molecule has 0 amide bonds. The molecule has 0 saturated heterocycles. The Balaban J connectivity index is 4.51. The van der Waals surface area contributed by atoms with Crippen LogP contribution in [0.5, 0.6) is 0 Å². The lowest BCUT2D eigenvalue weighted by Crippen LogP contribution is -1.89. The van der Waals surface area contributed by atoms with Gasteiger partial charge >= 0.3 is 0 Å². The predicted octanol–water partition coefficient (Wildman–Crippen LogP) is 1.37. The molecule has 0 aromatic heterocycles. The number of aldehydes is 1. The van der Waals surface area contributed by atoms with Crippen molar-refractivity contribution in [3.8, 4) is 0 Å². The van der Waals surface area contributed by atoms with E-state index in [4.69, 9.17) is 7.85 Å². The van der Waals surface area contributed by atoms with Gasteiger partial charge < -0.3 is 0 Å². The molecule has 50 valence electrons. The first-order valence-electron chi connectivity index (χ1n) is 2.96. The van der Waals surface area contributed by atoms with Crippen LogP contribution >= 0.6 is 0 Å². The van der Waals surface area contributed by atoms with Crippen molar-refractivity contribution in [1.29, 1.82) is 0 Å². The Bertz CT molecular complexity index is 189. The van der Waals surface area contributed by atoms with E-state index < -0.39 is 0 Å². The minimum absolute atomic E-state index is 0.470. The molecule has 0 N–H and O–H groups in total. The third-order valence-electron chi connectivity index (χ3n) is 1.07. The van der Waals surface area contributed by atoms with Crippen LogP contribution in [-0.4, -0.2) is 14.1 Å². The van der Waals surface area contributed by atoms with Crippen LogP contribution in [0.25, 0.3) is 0 Å². The molecule has 10 heavy (non-hydrogen) atoms. The van der Waals surface area contributed by atoms with Crippen LogP contribution in [0.1, 0.15) is 6.92 Å². The normalized spacial score (nSPS) is 12.9. The average molecular weight is 132 g/mol. The van der Waals surface area contributed by atoms with Crippen LogP contribution in [0.4, 0.5) is 0 Å². The van der Waals surface area contributed by atoms with Gasteiger partial charge in [0.05, 0.1) is 0 Å². The second-order valence-corrected chi connectivity index (χ2v) is 1.72. The zero-order chi connectivity index (χ0) is 7.98. The van der Waals surface area contributed by atoms with Crippen molar-refractivity contribution < 1.29 is 4.79 Å². The van der Waals surface area contributed by atoms with Gasteiger partial charge in [0.1, 0.15) is 14.1 Å². The van der Waals surface area contributed by atoms with E-state index in [0.29, 0.717) is 17.3 Å². The second-order valence-electron chi connectivity index (χ2n) is 1.72. The summed E-state index contributed by atoms with van der Waals surface area (Å²) in [5.74, 6) is 0. The van der Waals surface area contributed by atoms with Crippen molar-refractivity contribution in [3.05, 3.63) is 35.9 Å². The summed E-state index contributed by atoms with van der Waals surface area (Å²) in [6.45, 7) is 5.22. The molecule has 0 aliphatic heterocycles. The molecule has 0 saturated carbocycles. The largest absolute Gasteiger partial charge is 0.298 e. The molecule has 0 heterocycles. The van der Waals surface area contributed by atoms with Gasteiger partial charge in [-0.2, -0.15) is 0 Å². The van der Waals surface area contributed by atoms with E-state index in [1.54, 1.807) is 19.1 Å². The zero-order valence-electron chi connectivity index (χ0n) is 6.00. The van der Waals surface area contributed by atoms with Gasteiger partial charge in [0.15, 0.2) is 0 Å². The Morgan fingerprint density at radius 1 is 1.60 bits per heavy atom. The minimum Gasteiger partial charge on any atom is -0.298 e. The predicted molar refractivity (Wildman–Crippen MR) is 43.9 cm³/mol. The maximum atomic E-state index is 10.3. The standard InChI is InChI=1S/C8H9BO/c1-3-5-7(6-10)8(9)4-2/h3-6H,1H2,2H3/b7-5-,8-4+. The Hall–Kier alpha value is -1.05. The van der Waals surface area contributed by atoms with Crippen LogP contribution in [0.15, 0.2) is 35.9 Å². The van der Waals surface area contributed by atoms with E-state index in [-0.39, 0.29) is 0 Å². The third-order valence-corrected chi connectivity index (χ3v) is 1.07. The molecule has 0 atom stereocenters. The first kappa shape index (κ1) is 8.95. The van der Waals surface area contributed by atoms with Crippen LogP contribution in [0.3, 0.4) is 0 Å². The highest BCUT2D eigenvalue weighted by atomic mass is 16.1. The van der Waals surface area contributed by atoms with Crippen molar-refractivity contribution in [1.82, 2.24) is 0 Å². The molecule has 0 aliphatic carbocycles. The van der Waals surface area contributed by atoms with Gasteiger partial charge in [0, 0.05) is 5.57 Å². The molecule has 0 aromatic carbocycles. The molecule has 0 fully saturated rings. The fourth-order valence-electron chi connectivity index (χ4n) is 0.497. The highest BCUT2D eigenvalue weighted by Gasteiger charge is 1.92. The monoisotopic (exact) mass is 132 g/mol. The van der Waals surface area contributed by atoms with Crippen LogP contribution < -0.4 is 0 Å². The molecule has 2 heteroatoms. The van der Waals surface area contributed by atoms with Gasteiger partial charge in [0.25, 0.3) is 0 Å². The maximum Gasteiger partial charge on any atom is 0.149 e. The zero-order valence-corrected chi connectivity index (χ0v) is 6.00. The van der Waals surface area contributed by atoms with Crippen LogP contribution in [0.2, 0.25) is 0 Å². The number of hydrogen-bond donors (Lipinski definition) is 0. The lowest BCUT2D eigenvalue weighted by molar-refractivity contribution is -0.104. The summed E-state index contributed by atoms with van der Waals surface area (Å²) in [7, 11) is 5.43. The summed E-state index contributed by atoms with van der Waals surface area (Å²) in [5.41, 5.74) is 0.951. The molecular formula is C8H9BO. The topological polar surface area (TPSA) is 17.1 Å². The van der Waals surface area contributed by atoms with Gasteiger partial charge in [-0.1, -0.05) is 30.3 Å². The Morgan fingerprint density at radius 2 is 2.20 bits per heavy atom. The van der Waals surface area contributed by atoms with Gasteiger partial charge in [-0.3, -0.25) is 4.79 Å². The second kappa shape index (κ2) is 4.80. The van der Waals surface area contributed by atoms with Gasteiger partial charge in [-0.25, -0.2) is 0 Å². The highest BCUT2D eigenvalue weighted by Crippen LogP contribution is 2.01. The average Bonchev–Trinajstić information content (AvgIpc) is 1.99. The molecule has 0 aliphatic rings. The molecule has 0 aromatic rings. The number of hydrogen-bond acceptors (Lipinski definition) is 1. The van der Waals surface area contributed by atoms with E-state index >= 15 is 0 Å². The fourth-order valence-corrected chi connectivity index (χ4v) is 0.497. The van der Waals surface area contributed by atoms with Crippen LogP contribution in [-0.2, 0) is 4.79 Å². The van der Waals surface area contributed by atoms with E-state index in [9.17, 15) is 4.79 Å². The van der Waals surface area contributed by atoms with Gasteiger partial charge in [-0.15, -0.1) is 0 Å². The molecule has 0 unspecified atom stereocenters. The molecular weight excluding hydrogens is 123 g/mol. The summed E-state index contributed by atoms with van der Waals surface area (Å²) < 4.78 is 0. The summed E-state index contributed by atoms with van der Waals surface area (Å²) in [5, 5.41) is 0. The first-order valence-corrected chi connectivity index (χ1v) is 2.96. The smallest absolute Gasteiger partial charge is 0.149 e. The molecule has 0 bridgehead atoms. The van der Waals surface area contributed by atoms with Gasteiger partial charge in [0.2, 0.25) is 0 Å². The SMILES string of the molecule is [B]C(=C/C)/C(C=O)=C\C=C. The van der Waals surface area contributed by atoms with Crippen molar-refractivity contribution >= 4 is 14.1 Å². The fraction of sp³-hybridized carbons (Fsp3) is 0.125. The Kier molecular flexibility index (Phi) is 4.30. The minimum atomic E-state index is 0.470. The highest BCUT2D eigenvalue weighted by molar-refractivity contribution is 6.27. The van der Waals surface area contributed by atoms with Crippen molar-refractivity contribution in [2.45, 2.75) is 6.92 Å². The van der Waals surface area contributed by atoms with Crippen LogP contribution in [0, 0.1) is 0 Å². The van der Waals surface area contributed by atoms with Crippen molar-refractivity contribution in [2.24, 2.45) is 0 Å². The quantitative estimate of drug-likeness (QED) is 0.245. The number of allylic oxidation sites excluding steroid dienone is 5. The van der Waals surface area contributed by atoms with Gasteiger partial charge in [-0.05, 0) is 6.92 Å². The summed E-state index contributed by atoms with van der Waals surface area (Å²) in [4.78, 5) is 10.3. The van der Waals surface area contributed by atoms with E-state index in [2.05, 4.69) is 6.58 Å². The Morgan fingerprint density at radius 3 is 2.50 bits per heavy atom. The maximum absolute atomic E-state index is 10.3. The molecule has 0 spiro atoms. The number of carbonyl (C=O) groups excluding carboxylic acids is 1. The number of carbonyl (C=O) groups is 1. The lowest BCUT2D eigenvalue weighted by Gasteiger charge is -1.95. The third kappa shape index (κ3) is 2.49.